The first-order chi connectivity index (χ1) is 56.8. The van der Waals surface area contributed by atoms with E-state index < -0.39 is 49.4 Å². The molecule has 5 aliphatic rings. The summed E-state index contributed by atoms with van der Waals surface area (Å²) in [7, 11) is 17.5. The van der Waals surface area contributed by atoms with Crippen LogP contribution < -0.4 is 60.4 Å². The normalized spacial score (nSPS) is 16.5. The summed E-state index contributed by atoms with van der Waals surface area (Å²) in [5.41, 5.74) is 11.1. The van der Waals surface area contributed by atoms with Gasteiger partial charge >= 0.3 is 30.2 Å². The van der Waals surface area contributed by atoms with E-state index in [1.54, 1.807) is 0 Å². The number of amides is 5. The monoisotopic (exact) mass is 1850 g/mol. The van der Waals surface area contributed by atoms with Crippen molar-refractivity contribution in [3.05, 3.63) is 34.4 Å². The predicted molar refractivity (Wildman–Crippen MR) is 471 cm³/mol. The van der Waals surface area contributed by atoms with Gasteiger partial charge in [0.2, 0.25) is 23.6 Å². The van der Waals surface area contributed by atoms with Crippen molar-refractivity contribution in [3.63, 3.8) is 0 Å². The van der Waals surface area contributed by atoms with Gasteiger partial charge in [0.05, 0.1) is 68.0 Å². The molecule has 0 saturated carbocycles. The van der Waals surface area contributed by atoms with Crippen molar-refractivity contribution in [1.29, 1.82) is 0 Å². The first kappa shape index (κ1) is 114. The molecule has 5 saturated heterocycles. The number of carbonyl (C=O) groups is 12. The molecule has 5 atom stereocenters. The van der Waals surface area contributed by atoms with Crippen LogP contribution in [0.3, 0.4) is 0 Å². The van der Waals surface area contributed by atoms with Crippen LogP contribution in [0.25, 0.3) is 0 Å². The first-order valence-corrected chi connectivity index (χ1v) is 49.7. The summed E-state index contributed by atoms with van der Waals surface area (Å²) in [6.45, 7) is 0.181. The fraction of sp³-hybridized carbons (Fsp3) is 0.746. The van der Waals surface area contributed by atoms with E-state index in [4.69, 9.17) is 49.3 Å². The maximum absolute atomic E-state index is 11.8. The van der Waals surface area contributed by atoms with Crippen LogP contribution in [0, 0.1) is 10.1 Å². The summed E-state index contributed by atoms with van der Waals surface area (Å²) in [6, 6.07) is 5.00. The Kier molecular flexibility index (Phi) is 85.1. The van der Waals surface area contributed by atoms with Crippen molar-refractivity contribution in [3.8, 4) is 5.75 Å². The van der Waals surface area contributed by atoms with Gasteiger partial charge < -0.3 is 72.5 Å². The maximum Gasteiger partial charge on any atom is 0.513 e. The topological polar surface area (TPSA) is 567 Å². The highest BCUT2D eigenvalue weighted by molar-refractivity contribution is 8.78. The standard InChI is InChI=1S/C20H26N2O7S2.C14H25N3O4S2.C13H23NO3S2.C10H17NO3S2.C8H14O2S2.C2H5NO2.C2H7NO.2CH3F.H4N2/c23-16(14-21-19(24)6-2-1-5-18-11-13-30-31-18)4-3-12-28-20(25)29-17-9-7-15(8-10-17)22(26)27;15-17-14(20)21-8-3-4-11(18)10-16-13(19)6-2-1-5-12-7-9-22-23-12;15-8-3-4-11(16)10-14-13(17)6-2-1-5-12-7-9-18-19-12;12-9(11-7-10(13)14)4-2-1-3-8-5-6-15-16-8;9-8(10)4-2-1-3-7-5-6-11-12-7;3-1-2(4)5;3-1-2-4;3*1-2/h7-10,18H,1-6,11-14H2,(H,21,24);12H,1-10,15H2,(H,16,19)(H,17,20);12,15H,1-10H2,(H,14,17);8H,1-7H2,(H,11,12)(H,13,14);7H,1-6H2,(H,9,10);1,3H2,(H,4,5);4H,1-3H2;2*1H3;1-2H2/i;;;;;;;2*1D;. The molecule has 1 aromatic carbocycles. The molecule has 5 fully saturated rings. The number of nitrogens with two attached hydrogens (primary N) is 5. The SMILES string of the molecule is NCC(=O)O.NCCO.NN.NNC(=O)OCCCC(=O)CNC(=O)CCCCC1CCSS1.O=C(CCCO)CNC(=O)CCCCC1CCSS1.O=C(CCCOC(=O)Oc1ccc([N+](=O)[O-])cc1)CNC(=O)CCCCC1CCSS1.O=C(O)CCCCC1CCSS1.O=C(O)CNC(=O)CCCCC1CCSS1.[2H]CF.[2H]CF. The molecule has 6 rings (SSSR count). The lowest BCUT2D eigenvalue weighted by Crippen LogP contribution is -2.31. The fourth-order valence-corrected chi connectivity index (χ4v) is 24.6. The molecule has 116 heavy (non-hydrogen) atoms. The average molecular weight is 1850 g/mol. The number of nitrogens with one attached hydrogen (secondary N) is 5. The van der Waals surface area contributed by atoms with E-state index in [1.165, 1.54) is 111 Å². The number of hydrogen-bond donors (Lipinski definition) is 15. The van der Waals surface area contributed by atoms with E-state index in [0.29, 0.717) is 69.6 Å². The van der Waals surface area contributed by atoms with Crippen LogP contribution in [0.4, 0.5) is 24.1 Å². The molecule has 45 heteroatoms. The number of hydrogen-bond acceptors (Lipinski definition) is 34. The van der Waals surface area contributed by atoms with Crippen LogP contribution in [0.15, 0.2) is 24.3 Å². The van der Waals surface area contributed by atoms with E-state index >= 15 is 0 Å². The second-order valence-corrected chi connectivity index (χ2v) is 38.7. The van der Waals surface area contributed by atoms with Crippen molar-refractivity contribution in [2.24, 2.45) is 29.0 Å². The zero-order valence-corrected chi connectivity index (χ0v) is 74.2. The number of hydrazine groups is 2. The number of aliphatic hydroxyl groups excluding tert-OH is 2. The summed E-state index contributed by atoms with van der Waals surface area (Å²) in [5.74, 6) is 15.9. The van der Waals surface area contributed by atoms with Crippen molar-refractivity contribution in [2.45, 2.75) is 225 Å². The molecule has 0 aromatic heterocycles. The number of aliphatic hydroxyl groups is 2. The molecule has 672 valence electrons. The molecule has 20 N–H and O–H groups in total. The molecule has 5 aliphatic heterocycles. The van der Waals surface area contributed by atoms with E-state index in [0.717, 1.165) is 91.6 Å². The number of carbonyl (C=O) groups excluding carboxylic acids is 9. The molecule has 0 spiro atoms. The van der Waals surface area contributed by atoms with E-state index in [9.17, 15) is 76.4 Å². The Labute approximate surface area is 723 Å². The number of aliphatic carboxylic acids is 3. The Bertz CT molecular complexity index is 2790. The highest BCUT2D eigenvalue weighted by atomic mass is 33.1. The Hall–Kier alpha value is -4.46. The van der Waals surface area contributed by atoms with Crippen molar-refractivity contribution in [2.75, 3.05) is 109 Å². The van der Waals surface area contributed by atoms with Gasteiger partial charge in [-0.05, 0) is 128 Å². The lowest BCUT2D eigenvalue weighted by atomic mass is 10.1. The van der Waals surface area contributed by atoms with Gasteiger partial charge in [-0.3, -0.25) is 84.0 Å². The van der Waals surface area contributed by atoms with Gasteiger partial charge in [0.25, 0.3) is 5.69 Å². The number of non-ortho nitro benzene ring substituents is 1. The van der Waals surface area contributed by atoms with E-state index in [-0.39, 0.29) is 124 Å². The predicted octanol–water partition coefficient (Wildman–Crippen LogP) is 10.9. The highest BCUT2D eigenvalue weighted by Gasteiger charge is 2.21. The maximum atomic E-state index is 11.8. The van der Waals surface area contributed by atoms with Crippen LogP contribution in [-0.4, -0.2) is 237 Å². The van der Waals surface area contributed by atoms with Crippen LogP contribution >= 0.6 is 108 Å². The van der Waals surface area contributed by atoms with Gasteiger partial charge in [-0.15, -0.1) is 0 Å². The highest BCUT2D eigenvalue weighted by Crippen LogP contribution is 2.43. The molecule has 0 aliphatic carbocycles. The lowest BCUT2D eigenvalue weighted by Gasteiger charge is -2.08. The Balaban J connectivity index is -0.000000671. The molecular weight excluding hydrogens is 1720 g/mol. The molecule has 0 radical (unpaired) electrons. The van der Waals surface area contributed by atoms with Crippen molar-refractivity contribution in [1.82, 2.24) is 26.7 Å². The number of carboxylic acids is 3. The summed E-state index contributed by atoms with van der Waals surface area (Å²) >= 11 is 0. The zero-order chi connectivity index (χ0) is 89.0. The van der Waals surface area contributed by atoms with E-state index in [2.05, 4.69) is 43.4 Å². The number of ketones is 3. The minimum atomic E-state index is -1.00. The van der Waals surface area contributed by atoms with Crippen LogP contribution in [0.2, 0.25) is 0 Å². The fourth-order valence-electron chi connectivity index (χ4n) is 9.42. The zero-order valence-electron chi connectivity index (χ0n) is 68.0. The van der Waals surface area contributed by atoms with Crippen molar-refractivity contribution < 1.29 is 114 Å². The number of Topliss-reactive ketones (excluding diaryl/α,β-unsaturated/α-hetero) is 3. The third-order valence-corrected chi connectivity index (χ3v) is 30.4. The lowest BCUT2D eigenvalue weighted by molar-refractivity contribution is -0.384. The van der Waals surface area contributed by atoms with Crippen LogP contribution in [0.1, 0.15) is 202 Å². The quantitative estimate of drug-likeness (QED) is 0.00421. The number of benzene rings is 1. The van der Waals surface area contributed by atoms with Gasteiger partial charge in [0.1, 0.15) is 12.3 Å². The van der Waals surface area contributed by atoms with Crippen molar-refractivity contribution >= 4 is 185 Å². The number of carboxylic acid groups (broad SMARTS) is 3. The minimum Gasteiger partial charge on any atom is -0.481 e. The van der Waals surface area contributed by atoms with Gasteiger partial charge in [-0.1, -0.05) is 140 Å². The molecule has 5 unspecified atom stereocenters. The average Bonchev–Trinajstić information content (AvgIpc) is 1.15. The second kappa shape index (κ2) is 86.9. The van der Waals surface area contributed by atoms with Gasteiger partial charge in [-0.25, -0.2) is 15.4 Å². The first-order valence-electron chi connectivity index (χ1n) is 39.2. The molecule has 33 nitrogen and oxygen atoms in total. The van der Waals surface area contributed by atoms with Crippen LogP contribution in [0.5, 0.6) is 5.75 Å². The number of halogens is 2. The smallest absolute Gasteiger partial charge is 0.481 e. The summed E-state index contributed by atoms with van der Waals surface area (Å²) in [4.78, 5) is 143. The van der Waals surface area contributed by atoms with Gasteiger partial charge in [0, 0.05) is 132 Å². The molecule has 1 aromatic rings. The summed E-state index contributed by atoms with van der Waals surface area (Å²) in [6.07, 6.45) is 24.3. The number of unbranched alkanes of at least 4 members (excludes halogenated alkanes) is 5. The number of nitro benzene ring substituents is 1. The number of nitrogens with zero attached hydrogens (tertiary/aromatic N) is 1. The molecule has 5 amide bonds. The molecule has 5 heterocycles. The summed E-state index contributed by atoms with van der Waals surface area (Å²) < 4.78 is 45.4. The largest absolute Gasteiger partial charge is 0.513 e. The van der Waals surface area contributed by atoms with Gasteiger partial charge in [-0.2, -0.15) is 0 Å². The number of alkyl halides is 2. The van der Waals surface area contributed by atoms with Crippen LogP contribution in [-0.2, 0) is 57.4 Å². The number of nitro groups is 1. The number of rotatable bonds is 48. The third-order valence-electron chi connectivity index (χ3n) is 15.3. The summed E-state index contributed by atoms with van der Waals surface area (Å²) in [5, 5.41) is 65.3. The minimum absolute atomic E-state index is 0.0109. The van der Waals surface area contributed by atoms with Gasteiger partial charge in [0.15, 0.2) is 17.3 Å². The molecule has 0 bridgehead atoms. The Morgan fingerprint density at radius 3 is 1.03 bits per heavy atom. The number of ether oxygens (including phenoxy) is 3. The third kappa shape index (κ3) is 80.6. The Morgan fingerprint density at radius 2 is 0.767 bits per heavy atom. The Morgan fingerprint density at radius 1 is 0.466 bits per heavy atom. The molecular formula is C71H127F2N11O22S10. The second-order valence-electron chi connectivity index (χ2n) is 24.8. The van der Waals surface area contributed by atoms with E-state index in [1.807, 2.05) is 113 Å².